The lowest BCUT2D eigenvalue weighted by molar-refractivity contribution is -0.228. The Morgan fingerprint density at radius 3 is 2.68 bits per heavy atom. The van der Waals surface area contributed by atoms with Gasteiger partial charge in [0, 0.05) is 20.3 Å². The average Bonchev–Trinajstić information content (AvgIpc) is 2.30. The predicted octanol–water partition coefficient (Wildman–Crippen LogP) is 0.760. The molecule has 1 aliphatic heterocycles. The van der Waals surface area contributed by atoms with Crippen molar-refractivity contribution in [2.24, 2.45) is 0 Å². The van der Waals surface area contributed by atoms with Crippen LogP contribution in [0.2, 0.25) is 0 Å². The van der Waals surface area contributed by atoms with E-state index in [2.05, 4.69) is 11.9 Å². The van der Waals surface area contributed by atoms with E-state index < -0.39 is 18.4 Å². The van der Waals surface area contributed by atoms with Gasteiger partial charge in [0.25, 0.3) is 0 Å². The lowest BCUT2D eigenvalue weighted by Gasteiger charge is -2.39. The maximum absolute atomic E-state index is 11.2. The van der Waals surface area contributed by atoms with Crippen molar-refractivity contribution in [1.82, 2.24) is 5.32 Å². The first-order valence-electron chi connectivity index (χ1n) is 6.26. The highest BCUT2D eigenvalue weighted by atomic mass is 16.7. The Morgan fingerprint density at radius 1 is 1.47 bits per heavy atom. The molecule has 1 amide bonds. The fraction of sp³-hybridized carbons (Fsp3) is 0.692. The summed E-state index contributed by atoms with van der Waals surface area (Å²) in [4.78, 5) is 22.3. The van der Waals surface area contributed by atoms with Crippen LogP contribution >= 0.6 is 0 Å². The first kappa shape index (κ1) is 15.7. The molecule has 1 heterocycles. The van der Waals surface area contributed by atoms with Gasteiger partial charge in [-0.25, -0.2) is 0 Å². The molecule has 0 aromatic carbocycles. The number of hydrogen-bond acceptors (Lipinski definition) is 5. The minimum absolute atomic E-state index is 0.182. The highest BCUT2D eigenvalue weighted by molar-refractivity contribution is 5.73. The highest BCUT2D eigenvalue weighted by Crippen LogP contribution is 2.23. The molecule has 4 atom stereocenters. The molecule has 1 aliphatic rings. The van der Waals surface area contributed by atoms with Crippen LogP contribution in [0.5, 0.6) is 0 Å². The van der Waals surface area contributed by atoms with E-state index >= 15 is 0 Å². The van der Waals surface area contributed by atoms with Gasteiger partial charge in [0.15, 0.2) is 6.29 Å². The molecule has 1 N–H and O–H groups in total. The molecule has 0 spiro atoms. The lowest BCUT2D eigenvalue weighted by atomic mass is 9.99. The number of carbonyl (C=O) groups is 2. The van der Waals surface area contributed by atoms with E-state index in [-0.39, 0.29) is 18.1 Å². The Labute approximate surface area is 113 Å². The van der Waals surface area contributed by atoms with Crippen LogP contribution in [0.3, 0.4) is 0 Å². The van der Waals surface area contributed by atoms with Crippen LogP contribution < -0.4 is 5.32 Å². The van der Waals surface area contributed by atoms with Crippen LogP contribution in [0.15, 0.2) is 12.7 Å². The zero-order valence-corrected chi connectivity index (χ0v) is 11.5. The normalized spacial score (nSPS) is 30.5. The Bertz CT molecular complexity index is 344. The van der Waals surface area contributed by atoms with E-state index in [1.54, 1.807) is 13.0 Å². The van der Waals surface area contributed by atoms with Crippen molar-refractivity contribution in [1.29, 1.82) is 0 Å². The van der Waals surface area contributed by atoms with Gasteiger partial charge in [-0.1, -0.05) is 6.08 Å². The number of carbonyl (C=O) groups excluding carboxylic acids is 2. The second kappa shape index (κ2) is 7.25. The molecule has 0 radical (unpaired) electrons. The maximum Gasteiger partial charge on any atom is 0.303 e. The van der Waals surface area contributed by atoms with Crippen molar-refractivity contribution in [2.45, 2.75) is 51.7 Å². The third kappa shape index (κ3) is 5.00. The number of ether oxygens (including phenoxy) is 3. The first-order valence-corrected chi connectivity index (χ1v) is 6.26. The maximum atomic E-state index is 11.2. The summed E-state index contributed by atoms with van der Waals surface area (Å²) < 4.78 is 16.3. The summed E-state index contributed by atoms with van der Waals surface area (Å²) in [7, 11) is 0. The fourth-order valence-electron chi connectivity index (χ4n) is 2.10. The van der Waals surface area contributed by atoms with Crippen LogP contribution in [0.4, 0.5) is 0 Å². The van der Waals surface area contributed by atoms with Crippen molar-refractivity contribution in [3.63, 3.8) is 0 Å². The Kier molecular flexibility index (Phi) is 5.98. The molecular weight excluding hydrogens is 250 g/mol. The second-order valence-corrected chi connectivity index (χ2v) is 4.51. The molecule has 6 nitrogen and oxygen atoms in total. The summed E-state index contributed by atoms with van der Waals surface area (Å²) >= 11 is 0. The van der Waals surface area contributed by atoms with E-state index in [0.717, 1.165) is 0 Å². The summed E-state index contributed by atoms with van der Waals surface area (Å²) in [5.74, 6) is -0.583. The van der Waals surface area contributed by atoms with Gasteiger partial charge in [-0.2, -0.15) is 0 Å². The van der Waals surface area contributed by atoms with Gasteiger partial charge in [0.1, 0.15) is 6.10 Å². The molecule has 0 unspecified atom stereocenters. The zero-order chi connectivity index (χ0) is 14.4. The molecule has 0 aliphatic carbocycles. The SMILES string of the molecule is C=CCO[C@H]1C[C@H](NC(C)=O)[C@H](OC(C)=O)[C@H](C)O1. The fourth-order valence-corrected chi connectivity index (χ4v) is 2.10. The van der Waals surface area contributed by atoms with Crippen molar-refractivity contribution >= 4 is 11.9 Å². The van der Waals surface area contributed by atoms with Crippen LogP contribution in [0.1, 0.15) is 27.2 Å². The zero-order valence-electron chi connectivity index (χ0n) is 11.5. The van der Waals surface area contributed by atoms with Gasteiger partial charge in [0.2, 0.25) is 5.91 Å². The summed E-state index contributed by atoms with van der Waals surface area (Å²) in [6.45, 7) is 8.47. The Morgan fingerprint density at radius 2 is 2.16 bits per heavy atom. The van der Waals surface area contributed by atoms with Crippen molar-refractivity contribution < 1.29 is 23.8 Å². The number of amides is 1. The molecule has 6 heteroatoms. The van der Waals surface area contributed by atoms with Gasteiger partial charge in [-0.15, -0.1) is 6.58 Å². The summed E-state index contributed by atoms with van der Waals surface area (Å²) in [6.07, 6.45) is 0.737. The van der Waals surface area contributed by atoms with E-state index in [1.807, 2.05) is 0 Å². The van der Waals surface area contributed by atoms with Crippen LogP contribution in [-0.4, -0.2) is 43.0 Å². The monoisotopic (exact) mass is 271 g/mol. The molecule has 1 fully saturated rings. The molecule has 1 rings (SSSR count). The smallest absolute Gasteiger partial charge is 0.303 e. The lowest BCUT2D eigenvalue weighted by Crippen LogP contribution is -2.56. The van der Waals surface area contributed by atoms with E-state index in [9.17, 15) is 9.59 Å². The predicted molar refractivity (Wildman–Crippen MR) is 68.3 cm³/mol. The van der Waals surface area contributed by atoms with Crippen molar-refractivity contribution in [3.8, 4) is 0 Å². The third-order valence-electron chi connectivity index (χ3n) is 2.76. The van der Waals surface area contributed by atoms with Gasteiger partial charge >= 0.3 is 5.97 Å². The molecule has 0 aromatic heterocycles. The van der Waals surface area contributed by atoms with E-state index in [4.69, 9.17) is 14.2 Å². The van der Waals surface area contributed by atoms with Gasteiger partial charge < -0.3 is 19.5 Å². The topological polar surface area (TPSA) is 73.9 Å². The minimum Gasteiger partial charge on any atom is -0.458 e. The summed E-state index contributed by atoms with van der Waals surface area (Å²) in [5.41, 5.74) is 0. The summed E-state index contributed by atoms with van der Waals surface area (Å²) in [6, 6.07) is -0.319. The largest absolute Gasteiger partial charge is 0.458 e. The Balaban J connectivity index is 2.71. The van der Waals surface area contributed by atoms with Crippen molar-refractivity contribution in [2.75, 3.05) is 6.61 Å². The van der Waals surface area contributed by atoms with Gasteiger partial charge in [-0.05, 0) is 6.92 Å². The number of hydrogen-bond donors (Lipinski definition) is 1. The van der Waals surface area contributed by atoms with Crippen LogP contribution in [-0.2, 0) is 23.8 Å². The number of esters is 1. The molecule has 1 saturated heterocycles. The molecular formula is C13H21NO5. The molecule has 0 bridgehead atoms. The van der Waals surface area contributed by atoms with Crippen LogP contribution in [0.25, 0.3) is 0 Å². The number of rotatable bonds is 5. The van der Waals surface area contributed by atoms with Crippen molar-refractivity contribution in [3.05, 3.63) is 12.7 Å². The van der Waals surface area contributed by atoms with E-state index in [0.29, 0.717) is 13.0 Å². The quantitative estimate of drug-likeness (QED) is 0.590. The standard InChI is InChI=1S/C13H21NO5/c1-5-6-17-12-7-11(14-9(3)15)13(8(2)18-12)19-10(4)16/h5,8,11-13H,1,6-7H2,2-4H3,(H,14,15)/t8-,11-,12+,13+/m0/s1. The molecule has 0 saturated carbocycles. The van der Waals surface area contributed by atoms with E-state index in [1.165, 1.54) is 13.8 Å². The molecule has 0 aromatic rings. The van der Waals surface area contributed by atoms with Crippen LogP contribution in [0, 0.1) is 0 Å². The third-order valence-corrected chi connectivity index (χ3v) is 2.76. The average molecular weight is 271 g/mol. The summed E-state index contributed by atoms with van der Waals surface area (Å²) in [5, 5.41) is 2.77. The minimum atomic E-state index is -0.509. The first-order chi connectivity index (χ1) is 8.93. The molecule has 108 valence electrons. The second-order valence-electron chi connectivity index (χ2n) is 4.51. The highest BCUT2D eigenvalue weighted by Gasteiger charge is 2.39. The van der Waals surface area contributed by atoms with Gasteiger partial charge in [-0.3, -0.25) is 9.59 Å². The molecule has 19 heavy (non-hydrogen) atoms. The Hall–Kier alpha value is -1.40. The van der Waals surface area contributed by atoms with Gasteiger partial charge in [0.05, 0.1) is 18.8 Å². The number of nitrogens with one attached hydrogen (secondary N) is 1.